The molecule has 0 saturated carbocycles. The summed E-state index contributed by atoms with van der Waals surface area (Å²) in [5.74, 6) is -0.982. The number of amides is 2. The van der Waals surface area contributed by atoms with Gasteiger partial charge in [0.2, 0.25) is 11.8 Å². The highest BCUT2D eigenvalue weighted by Crippen LogP contribution is 2.06. The number of unbranched alkanes of at least 4 members (excludes halogenated alkanes) is 4. The smallest absolute Gasteiger partial charge is 0.328 e. The van der Waals surface area contributed by atoms with Crippen molar-refractivity contribution in [2.45, 2.75) is 77.3 Å². The molecule has 0 aliphatic rings. The van der Waals surface area contributed by atoms with Crippen molar-refractivity contribution in [2.75, 3.05) is 20.7 Å². The number of esters is 1. The SMILES string of the molecule is CCCCCCCC(=O)NC(CCCNC)C(=O)NC(C)C(=O)OC. The van der Waals surface area contributed by atoms with Gasteiger partial charge in [-0.3, -0.25) is 9.59 Å². The maximum absolute atomic E-state index is 12.4. The Labute approximate surface area is 151 Å². The summed E-state index contributed by atoms with van der Waals surface area (Å²) in [7, 11) is 3.11. The third-order valence-corrected chi connectivity index (χ3v) is 3.99. The monoisotopic (exact) mass is 357 g/mol. The number of carbonyl (C=O) groups excluding carboxylic acids is 3. The fourth-order valence-electron chi connectivity index (χ4n) is 2.46. The lowest BCUT2D eigenvalue weighted by Gasteiger charge is -2.20. The summed E-state index contributed by atoms with van der Waals surface area (Å²) in [6, 6.07) is -1.38. The Balaban J connectivity index is 4.46. The molecular formula is C18H35N3O4. The van der Waals surface area contributed by atoms with E-state index in [2.05, 4.69) is 27.6 Å². The first kappa shape index (κ1) is 23.4. The number of carbonyl (C=O) groups is 3. The van der Waals surface area contributed by atoms with E-state index in [1.807, 2.05) is 7.05 Å². The van der Waals surface area contributed by atoms with E-state index in [9.17, 15) is 14.4 Å². The molecule has 146 valence electrons. The van der Waals surface area contributed by atoms with Crippen molar-refractivity contribution in [3.05, 3.63) is 0 Å². The zero-order valence-electron chi connectivity index (χ0n) is 16.2. The minimum absolute atomic E-state index is 0.119. The molecule has 7 nitrogen and oxygen atoms in total. The molecule has 0 aliphatic heterocycles. The Morgan fingerprint density at radius 2 is 1.68 bits per heavy atom. The van der Waals surface area contributed by atoms with Crippen molar-refractivity contribution in [3.63, 3.8) is 0 Å². The minimum atomic E-state index is -0.741. The van der Waals surface area contributed by atoms with Crippen molar-refractivity contribution in [1.29, 1.82) is 0 Å². The van der Waals surface area contributed by atoms with Gasteiger partial charge in [0.15, 0.2) is 0 Å². The van der Waals surface area contributed by atoms with Crippen LogP contribution >= 0.6 is 0 Å². The van der Waals surface area contributed by atoms with Crippen molar-refractivity contribution >= 4 is 17.8 Å². The number of hydrogen-bond donors (Lipinski definition) is 3. The first-order chi connectivity index (χ1) is 12.0. The average Bonchev–Trinajstić information content (AvgIpc) is 2.59. The Kier molecular flexibility index (Phi) is 13.7. The normalized spacial score (nSPS) is 13.0. The predicted octanol–water partition coefficient (Wildman–Crippen LogP) is 1.51. The third kappa shape index (κ3) is 11.5. The van der Waals surface area contributed by atoms with Gasteiger partial charge >= 0.3 is 5.97 Å². The lowest BCUT2D eigenvalue weighted by Crippen LogP contribution is -2.51. The standard InChI is InChI=1S/C18H35N3O4/c1-5-6-7-8-9-12-16(22)21-15(11-10-13-19-3)17(23)20-14(2)18(24)25-4/h14-15,19H,5-13H2,1-4H3,(H,20,23)(H,21,22). The van der Waals surface area contributed by atoms with Gasteiger partial charge in [0, 0.05) is 6.42 Å². The molecule has 2 unspecified atom stereocenters. The average molecular weight is 357 g/mol. The van der Waals surface area contributed by atoms with Crippen LogP contribution in [0.1, 0.15) is 65.2 Å². The van der Waals surface area contributed by atoms with Gasteiger partial charge in [-0.25, -0.2) is 4.79 Å². The maximum atomic E-state index is 12.4. The van der Waals surface area contributed by atoms with Crippen LogP contribution in [-0.4, -0.2) is 50.6 Å². The van der Waals surface area contributed by atoms with Crippen LogP contribution in [0.2, 0.25) is 0 Å². The van der Waals surface area contributed by atoms with Crippen molar-refractivity contribution in [2.24, 2.45) is 0 Å². The molecule has 2 amide bonds. The highest BCUT2D eigenvalue weighted by Gasteiger charge is 2.24. The van der Waals surface area contributed by atoms with Crippen LogP contribution in [0, 0.1) is 0 Å². The minimum Gasteiger partial charge on any atom is -0.467 e. The first-order valence-corrected chi connectivity index (χ1v) is 9.28. The molecule has 3 N–H and O–H groups in total. The summed E-state index contributed by atoms with van der Waals surface area (Å²) in [4.78, 5) is 35.9. The summed E-state index contributed by atoms with van der Waals surface area (Å²) in [6.07, 6.45) is 7.02. The lowest BCUT2D eigenvalue weighted by atomic mass is 10.1. The van der Waals surface area contributed by atoms with E-state index >= 15 is 0 Å². The summed E-state index contributed by atoms with van der Waals surface area (Å²) < 4.78 is 4.61. The van der Waals surface area contributed by atoms with Crippen LogP contribution < -0.4 is 16.0 Å². The maximum Gasteiger partial charge on any atom is 0.328 e. The van der Waals surface area contributed by atoms with Gasteiger partial charge in [-0.05, 0) is 39.8 Å². The van der Waals surface area contributed by atoms with E-state index < -0.39 is 18.1 Å². The molecule has 0 spiro atoms. The number of rotatable bonds is 14. The largest absolute Gasteiger partial charge is 0.467 e. The number of methoxy groups -OCH3 is 1. The van der Waals surface area contributed by atoms with E-state index in [1.165, 1.54) is 13.5 Å². The molecule has 7 heteroatoms. The van der Waals surface area contributed by atoms with Gasteiger partial charge in [-0.15, -0.1) is 0 Å². The topological polar surface area (TPSA) is 96.5 Å². The Morgan fingerprint density at radius 3 is 2.28 bits per heavy atom. The Bertz CT molecular complexity index is 402. The molecule has 0 aromatic carbocycles. The predicted molar refractivity (Wildman–Crippen MR) is 98.1 cm³/mol. The molecule has 0 aliphatic carbocycles. The van der Waals surface area contributed by atoms with Crippen LogP contribution in [-0.2, 0) is 19.1 Å². The summed E-state index contributed by atoms with van der Waals surface area (Å²) in [5, 5.41) is 8.42. The third-order valence-electron chi connectivity index (χ3n) is 3.99. The molecule has 0 heterocycles. The van der Waals surface area contributed by atoms with Crippen LogP contribution in [0.25, 0.3) is 0 Å². The van der Waals surface area contributed by atoms with Gasteiger partial charge < -0.3 is 20.7 Å². The summed E-state index contributed by atoms with van der Waals surface area (Å²) in [6.45, 7) is 4.46. The fourth-order valence-corrected chi connectivity index (χ4v) is 2.46. The second-order valence-corrected chi connectivity index (χ2v) is 6.28. The summed E-state index contributed by atoms with van der Waals surface area (Å²) >= 11 is 0. The van der Waals surface area contributed by atoms with Crippen molar-refractivity contribution in [3.8, 4) is 0 Å². The van der Waals surface area contributed by atoms with E-state index in [-0.39, 0.29) is 11.8 Å². The highest BCUT2D eigenvalue weighted by atomic mass is 16.5. The second-order valence-electron chi connectivity index (χ2n) is 6.28. The zero-order valence-corrected chi connectivity index (χ0v) is 16.2. The van der Waals surface area contributed by atoms with Gasteiger partial charge in [-0.1, -0.05) is 32.6 Å². The molecule has 0 bridgehead atoms. The molecule has 25 heavy (non-hydrogen) atoms. The van der Waals surface area contributed by atoms with Crippen molar-refractivity contribution < 1.29 is 19.1 Å². The molecule has 2 atom stereocenters. The molecule has 0 aromatic rings. The number of nitrogens with one attached hydrogen (secondary N) is 3. The van der Waals surface area contributed by atoms with Crippen LogP contribution in [0.15, 0.2) is 0 Å². The van der Waals surface area contributed by atoms with Crippen LogP contribution in [0.5, 0.6) is 0 Å². The highest BCUT2D eigenvalue weighted by molar-refractivity contribution is 5.90. The van der Waals surface area contributed by atoms with E-state index in [0.29, 0.717) is 12.8 Å². The molecule has 0 fully saturated rings. The van der Waals surface area contributed by atoms with Gasteiger partial charge in [0.1, 0.15) is 12.1 Å². The van der Waals surface area contributed by atoms with Crippen LogP contribution in [0.3, 0.4) is 0 Å². The first-order valence-electron chi connectivity index (χ1n) is 9.28. The van der Waals surface area contributed by atoms with Crippen LogP contribution in [0.4, 0.5) is 0 Å². The van der Waals surface area contributed by atoms with Gasteiger partial charge in [-0.2, -0.15) is 0 Å². The number of hydrogen-bond acceptors (Lipinski definition) is 5. The molecule has 0 radical (unpaired) electrons. The quantitative estimate of drug-likeness (QED) is 0.323. The van der Waals surface area contributed by atoms with E-state index in [1.54, 1.807) is 6.92 Å². The zero-order chi connectivity index (χ0) is 19.1. The molecule has 0 saturated heterocycles. The van der Waals surface area contributed by atoms with Gasteiger partial charge in [0.25, 0.3) is 0 Å². The Hall–Kier alpha value is -1.63. The molecular weight excluding hydrogens is 322 g/mol. The van der Waals surface area contributed by atoms with Crippen molar-refractivity contribution in [1.82, 2.24) is 16.0 Å². The fraction of sp³-hybridized carbons (Fsp3) is 0.833. The summed E-state index contributed by atoms with van der Waals surface area (Å²) in [5.41, 5.74) is 0. The van der Waals surface area contributed by atoms with E-state index in [0.717, 1.165) is 38.6 Å². The molecule has 0 aromatic heterocycles. The lowest BCUT2D eigenvalue weighted by molar-refractivity contribution is -0.144. The van der Waals surface area contributed by atoms with E-state index in [4.69, 9.17) is 0 Å². The molecule has 0 rings (SSSR count). The van der Waals surface area contributed by atoms with Gasteiger partial charge in [0.05, 0.1) is 7.11 Å². The number of ether oxygens (including phenoxy) is 1. The second kappa shape index (κ2) is 14.7. The Morgan fingerprint density at radius 1 is 1.00 bits per heavy atom.